The van der Waals surface area contributed by atoms with Crippen LogP contribution in [0.5, 0.6) is 0 Å². The normalized spacial score (nSPS) is 22.2. The Morgan fingerprint density at radius 1 is 1.21 bits per heavy atom. The lowest BCUT2D eigenvalue weighted by molar-refractivity contribution is 0.0931. The van der Waals surface area contributed by atoms with Crippen molar-refractivity contribution >= 4 is 17.4 Å². The molecule has 28 heavy (non-hydrogen) atoms. The molecule has 3 aromatic rings. The molecule has 2 bridgehead atoms. The van der Waals surface area contributed by atoms with E-state index >= 15 is 0 Å². The second-order valence-electron chi connectivity index (χ2n) is 7.58. The average Bonchev–Trinajstić information content (AvgIpc) is 3.32. The number of aryl methyl sites for hydroxylation is 1. The molecule has 1 unspecified atom stereocenters. The van der Waals surface area contributed by atoms with Crippen molar-refractivity contribution < 1.29 is 9.18 Å². The zero-order chi connectivity index (χ0) is 19.3. The molecule has 0 aromatic carbocycles. The Kier molecular flexibility index (Phi) is 3.99. The maximum absolute atomic E-state index is 14.0. The van der Waals surface area contributed by atoms with Crippen LogP contribution in [0.25, 0.3) is 5.65 Å². The van der Waals surface area contributed by atoms with Gasteiger partial charge in [0.25, 0.3) is 5.91 Å². The minimum Gasteiger partial charge on any atom is -0.348 e. The van der Waals surface area contributed by atoms with Crippen LogP contribution < -0.4 is 10.2 Å². The number of pyridine rings is 1. The lowest BCUT2D eigenvalue weighted by atomic mass is 9.96. The molecule has 0 aliphatic carbocycles. The summed E-state index contributed by atoms with van der Waals surface area (Å²) in [5.74, 6) is 0.105. The quantitative estimate of drug-likeness (QED) is 0.607. The predicted octanol–water partition coefficient (Wildman–Crippen LogP) is 2.67. The smallest absolute Gasteiger partial charge is 0.271 e. The number of aromatic nitrogens is 4. The van der Waals surface area contributed by atoms with Gasteiger partial charge in [0.2, 0.25) is 5.95 Å². The molecule has 144 valence electrons. The van der Waals surface area contributed by atoms with E-state index in [4.69, 9.17) is 5.10 Å². The van der Waals surface area contributed by atoms with E-state index in [2.05, 4.69) is 20.2 Å². The van der Waals surface area contributed by atoms with Gasteiger partial charge in [-0.25, -0.2) is 14.5 Å². The van der Waals surface area contributed by atoms with Gasteiger partial charge in [0, 0.05) is 18.8 Å². The van der Waals surface area contributed by atoms with Gasteiger partial charge in [0.15, 0.2) is 11.3 Å². The van der Waals surface area contributed by atoms with Crippen LogP contribution in [0.2, 0.25) is 0 Å². The van der Waals surface area contributed by atoms with E-state index in [-0.39, 0.29) is 18.0 Å². The summed E-state index contributed by atoms with van der Waals surface area (Å²) in [6, 6.07) is 5.35. The lowest BCUT2D eigenvalue weighted by Crippen LogP contribution is -2.33. The summed E-state index contributed by atoms with van der Waals surface area (Å²) in [5.41, 5.74) is 3.04. The maximum Gasteiger partial charge on any atom is 0.271 e. The number of hydrogen-bond donors (Lipinski definition) is 1. The van der Waals surface area contributed by atoms with E-state index in [0.717, 1.165) is 49.2 Å². The van der Waals surface area contributed by atoms with Crippen molar-refractivity contribution in [3.63, 3.8) is 0 Å². The van der Waals surface area contributed by atoms with Crippen LogP contribution in [-0.2, 0) is 6.42 Å². The van der Waals surface area contributed by atoms with Crippen molar-refractivity contribution in [3.05, 3.63) is 53.4 Å². The van der Waals surface area contributed by atoms with Crippen LogP contribution in [0.1, 0.15) is 53.8 Å². The van der Waals surface area contributed by atoms with E-state index in [1.165, 1.54) is 0 Å². The van der Waals surface area contributed by atoms with E-state index in [1.54, 1.807) is 23.0 Å². The van der Waals surface area contributed by atoms with E-state index in [0.29, 0.717) is 11.3 Å². The Morgan fingerprint density at radius 2 is 2.11 bits per heavy atom. The molecule has 2 atom stereocenters. The first-order chi connectivity index (χ1) is 13.6. The van der Waals surface area contributed by atoms with Gasteiger partial charge in [-0.3, -0.25) is 4.79 Å². The first kappa shape index (κ1) is 17.1. The number of nitrogens with one attached hydrogen (secondary N) is 1. The van der Waals surface area contributed by atoms with Gasteiger partial charge in [-0.1, -0.05) is 0 Å². The highest BCUT2D eigenvalue weighted by molar-refractivity contribution is 5.93. The van der Waals surface area contributed by atoms with Gasteiger partial charge in [0.1, 0.15) is 5.82 Å². The average molecular weight is 380 g/mol. The van der Waals surface area contributed by atoms with Crippen molar-refractivity contribution in [3.8, 4) is 0 Å². The molecule has 3 aromatic heterocycles. The highest BCUT2D eigenvalue weighted by Crippen LogP contribution is 2.37. The minimum absolute atomic E-state index is 0.0421. The molecule has 7 nitrogen and oxygen atoms in total. The third-order valence-corrected chi connectivity index (χ3v) is 5.70. The second-order valence-corrected chi connectivity index (χ2v) is 7.58. The van der Waals surface area contributed by atoms with Crippen LogP contribution in [0.15, 0.2) is 30.6 Å². The standard InChI is InChI=1S/C20H21FN6O/c1-12-4-5-13-10-22-17(21)9-14(13)15-3-2-8-26(15)19-7-6-18-23-11-16(20(28)24-12)27(18)25-19/h6-7,9-12,15H,2-5,8H2,1H3,(H,24,28)/t12-,15?/m1/s1. The summed E-state index contributed by atoms with van der Waals surface area (Å²) in [4.78, 5) is 23.1. The van der Waals surface area contributed by atoms with E-state index in [9.17, 15) is 9.18 Å². The molecular weight excluding hydrogens is 359 g/mol. The van der Waals surface area contributed by atoms with Crippen LogP contribution in [0, 0.1) is 5.95 Å². The third kappa shape index (κ3) is 2.80. The van der Waals surface area contributed by atoms with Gasteiger partial charge >= 0.3 is 0 Å². The Hall–Kier alpha value is -3.03. The molecule has 5 rings (SSSR count). The van der Waals surface area contributed by atoms with Crippen molar-refractivity contribution in [1.29, 1.82) is 0 Å². The molecule has 1 N–H and O–H groups in total. The highest BCUT2D eigenvalue weighted by atomic mass is 19.1. The Bertz CT molecular complexity index is 1060. The Labute approximate surface area is 161 Å². The zero-order valence-electron chi connectivity index (χ0n) is 15.6. The number of nitrogens with zero attached hydrogens (tertiary/aromatic N) is 5. The van der Waals surface area contributed by atoms with Crippen molar-refractivity contribution in [2.45, 2.75) is 44.7 Å². The number of amides is 1. The molecule has 0 radical (unpaired) electrons. The van der Waals surface area contributed by atoms with Crippen LogP contribution in [-0.4, -0.2) is 38.1 Å². The fourth-order valence-electron chi connectivity index (χ4n) is 4.27. The van der Waals surface area contributed by atoms with E-state index < -0.39 is 5.95 Å². The number of anilines is 1. The number of carbonyl (C=O) groups excluding carboxylic acids is 1. The minimum atomic E-state index is -0.462. The van der Waals surface area contributed by atoms with Crippen molar-refractivity contribution in [2.75, 3.05) is 11.4 Å². The molecule has 1 saturated heterocycles. The monoisotopic (exact) mass is 380 g/mol. The molecule has 0 saturated carbocycles. The van der Waals surface area contributed by atoms with E-state index in [1.807, 2.05) is 19.1 Å². The molecule has 1 amide bonds. The molecule has 8 heteroatoms. The van der Waals surface area contributed by atoms with Gasteiger partial charge in [-0.15, -0.1) is 5.10 Å². The largest absolute Gasteiger partial charge is 0.348 e. The van der Waals surface area contributed by atoms with Crippen LogP contribution in [0.3, 0.4) is 0 Å². The van der Waals surface area contributed by atoms with Crippen molar-refractivity contribution in [1.82, 2.24) is 24.9 Å². The number of fused-ring (bicyclic) bond motifs is 5. The Morgan fingerprint density at radius 3 is 3.00 bits per heavy atom. The summed E-state index contributed by atoms with van der Waals surface area (Å²) < 4.78 is 15.6. The number of halogens is 1. The van der Waals surface area contributed by atoms with Crippen LogP contribution in [0.4, 0.5) is 10.2 Å². The summed E-state index contributed by atoms with van der Waals surface area (Å²) in [7, 11) is 0. The molecule has 0 spiro atoms. The first-order valence-electron chi connectivity index (χ1n) is 9.67. The van der Waals surface area contributed by atoms with Crippen molar-refractivity contribution in [2.24, 2.45) is 0 Å². The summed E-state index contributed by atoms with van der Waals surface area (Å²) in [6.45, 7) is 2.80. The zero-order valence-corrected chi connectivity index (χ0v) is 15.6. The van der Waals surface area contributed by atoms with Gasteiger partial charge in [-0.05, 0) is 61.9 Å². The fourth-order valence-corrected chi connectivity index (χ4v) is 4.27. The molecule has 1 fully saturated rings. The topological polar surface area (TPSA) is 75.4 Å². The molecule has 2 aliphatic rings. The predicted molar refractivity (Wildman–Crippen MR) is 102 cm³/mol. The summed E-state index contributed by atoms with van der Waals surface area (Å²) in [5, 5.41) is 7.72. The number of rotatable bonds is 0. The fraction of sp³-hybridized carbons (Fsp3) is 0.400. The van der Waals surface area contributed by atoms with Gasteiger partial charge < -0.3 is 10.2 Å². The molecule has 2 aliphatic heterocycles. The summed E-state index contributed by atoms with van der Waals surface area (Å²) in [6.07, 6.45) is 6.59. The molecule has 5 heterocycles. The number of hydrogen-bond acceptors (Lipinski definition) is 5. The first-order valence-corrected chi connectivity index (χ1v) is 9.67. The summed E-state index contributed by atoms with van der Waals surface area (Å²) >= 11 is 0. The molecular formula is C20H21FN6O. The van der Waals surface area contributed by atoms with Gasteiger partial charge in [-0.2, -0.15) is 4.39 Å². The second kappa shape index (κ2) is 6.54. The highest BCUT2D eigenvalue weighted by Gasteiger charge is 2.30. The number of carbonyl (C=O) groups is 1. The lowest BCUT2D eigenvalue weighted by Gasteiger charge is -2.27. The number of imidazole rings is 1. The Balaban J connectivity index is 1.69. The van der Waals surface area contributed by atoms with Crippen LogP contribution >= 0.6 is 0 Å². The third-order valence-electron chi connectivity index (χ3n) is 5.70. The SMILES string of the molecule is C[C@@H]1CCc2cnc(F)cc2C2CCCN2c2ccc3ncc(n3n2)C(=O)N1. The maximum atomic E-state index is 14.0. The van der Waals surface area contributed by atoms with Gasteiger partial charge in [0.05, 0.1) is 12.2 Å².